The molecule has 0 bridgehead atoms. The zero-order valence-corrected chi connectivity index (χ0v) is 13.9. The number of sulfone groups is 1. The normalized spacial score (nSPS) is 16.3. The summed E-state index contributed by atoms with van der Waals surface area (Å²) in [6, 6.07) is 5.09. The predicted molar refractivity (Wildman–Crippen MR) is 85.2 cm³/mol. The average Bonchev–Trinajstić information content (AvgIpc) is 3.32. The first kappa shape index (κ1) is 16.8. The third-order valence-electron chi connectivity index (χ3n) is 4.15. The van der Waals surface area contributed by atoms with Gasteiger partial charge in [-0.15, -0.1) is 0 Å². The van der Waals surface area contributed by atoms with Gasteiger partial charge in [0.05, 0.1) is 28.9 Å². The van der Waals surface area contributed by atoms with Crippen LogP contribution >= 0.6 is 0 Å². The smallest absolute Gasteiger partial charge is 0.308 e. The molecule has 1 saturated carbocycles. The molecule has 1 aromatic carbocycles. The molecule has 0 saturated heterocycles. The minimum Gasteiger partial charge on any atom is -0.469 e. The summed E-state index contributed by atoms with van der Waals surface area (Å²) in [5.41, 5.74) is 7.17. The lowest BCUT2D eigenvalue weighted by molar-refractivity contribution is -0.145. The van der Waals surface area contributed by atoms with Crippen LogP contribution in [0.4, 0.5) is 5.69 Å². The molecule has 1 aromatic rings. The number of carbonyl (C=O) groups excluding carboxylic acids is 1. The van der Waals surface area contributed by atoms with E-state index < -0.39 is 9.84 Å². The largest absolute Gasteiger partial charge is 0.469 e. The maximum absolute atomic E-state index is 12.2. The van der Waals surface area contributed by atoms with Crippen LogP contribution in [0, 0.1) is 5.92 Å². The van der Waals surface area contributed by atoms with Crippen LogP contribution in [0.25, 0.3) is 0 Å². The highest BCUT2D eigenvalue weighted by Crippen LogP contribution is 2.36. The van der Waals surface area contributed by atoms with E-state index in [2.05, 4.69) is 0 Å². The minimum absolute atomic E-state index is 0.138. The van der Waals surface area contributed by atoms with E-state index in [1.54, 1.807) is 18.2 Å². The van der Waals surface area contributed by atoms with Crippen molar-refractivity contribution in [2.24, 2.45) is 5.92 Å². The van der Waals surface area contributed by atoms with Crippen molar-refractivity contribution in [1.82, 2.24) is 0 Å². The molecule has 6 heteroatoms. The summed E-state index contributed by atoms with van der Waals surface area (Å²) < 4.78 is 29.2. The molecule has 5 nitrogen and oxygen atoms in total. The number of nitrogen functional groups attached to an aromatic ring is 1. The van der Waals surface area contributed by atoms with Gasteiger partial charge in [0.25, 0.3) is 0 Å². The number of rotatable bonds is 7. The summed E-state index contributed by atoms with van der Waals surface area (Å²) in [5, 5.41) is -0.260. The third kappa shape index (κ3) is 3.61. The highest BCUT2D eigenvalue weighted by atomic mass is 32.2. The monoisotopic (exact) mass is 325 g/mol. The molecule has 0 amide bonds. The molecule has 22 heavy (non-hydrogen) atoms. The summed E-state index contributed by atoms with van der Waals surface area (Å²) in [6.45, 7) is 1.95. The first-order chi connectivity index (χ1) is 10.4. The number of benzene rings is 1. The minimum atomic E-state index is -3.27. The van der Waals surface area contributed by atoms with Gasteiger partial charge in [0, 0.05) is 0 Å². The van der Waals surface area contributed by atoms with Crippen molar-refractivity contribution < 1.29 is 17.9 Å². The van der Waals surface area contributed by atoms with Crippen LogP contribution in [-0.2, 0) is 25.8 Å². The second-order valence-electron chi connectivity index (χ2n) is 5.78. The number of nitrogens with two attached hydrogens (primary N) is 1. The first-order valence-corrected chi connectivity index (χ1v) is 9.15. The van der Waals surface area contributed by atoms with Crippen molar-refractivity contribution in [2.45, 2.75) is 49.2 Å². The van der Waals surface area contributed by atoms with E-state index in [0.29, 0.717) is 18.5 Å². The van der Waals surface area contributed by atoms with Crippen LogP contribution in [0.3, 0.4) is 0 Å². The van der Waals surface area contributed by atoms with E-state index in [1.807, 2.05) is 6.92 Å². The van der Waals surface area contributed by atoms with E-state index in [4.69, 9.17) is 10.5 Å². The number of methoxy groups -OCH3 is 1. The van der Waals surface area contributed by atoms with Gasteiger partial charge in [0.15, 0.2) is 9.84 Å². The summed E-state index contributed by atoms with van der Waals surface area (Å²) in [7, 11) is -1.88. The standard InChI is InChI=1S/C16H23NO4S/c1-3-12(16(18)21-2)6-4-11-5-9-15(14(17)10-11)22(19,20)13-7-8-13/h5,9-10,12-13H,3-4,6-8,17H2,1-2H3. The Morgan fingerprint density at radius 2 is 2.09 bits per heavy atom. The van der Waals surface area contributed by atoms with E-state index >= 15 is 0 Å². The Labute approximate surface area is 131 Å². The van der Waals surface area contributed by atoms with Gasteiger partial charge >= 0.3 is 5.97 Å². The molecule has 0 spiro atoms. The number of carbonyl (C=O) groups is 1. The van der Waals surface area contributed by atoms with Gasteiger partial charge in [-0.2, -0.15) is 0 Å². The van der Waals surface area contributed by atoms with Gasteiger partial charge in [0.1, 0.15) is 0 Å². The van der Waals surface area contributed by atoms with Crippen molar-refractivity contribution in [1.29, 1.82) is 0 Å². The number of aryl methyl sites for hydroxylation is 1. The van der Waals surface area contributed by atoms with Crippen LogP contribution < -0.4 is 5.73 Å². The lowest BCUT2D eigenvalue weighted by Gasteiger charge is -2.13. The van der Waals surface area contributed by atoms with E-state index in [0.717, 1.165) is 24.8 Å². The molecule has 0 heterocycles. The maximum atomic E-state index is 12.2. The zero-order chi connectivity index (χ0) is 16.3. The average molecular weight is 325 g/mol. The second-order valence-corrected chi connectivity index (χ2v) is 7.98. The Balaban J connectivity index is 2.08. The van der Waals surface area contributed by atoms with Crippen LogP contribution in [-0.4, -0.2) is 26.7 Å². The molecule has 1 aliphatic rings. The molecule has 2 N–H and O–H groups in total. The van der Waals surface area contributed by atoms with Gasteiger partial charge in [-0.05, 0) is 49.8 Å². The van der Waals surface area contributed by atoms with Crippen molar-refractivity contribution >= 4 is 21.5 Å². The Hall–Kier alpha value is -1.56. The number of esters is 1. The quantitative estimate of drug-likeness (QED) is 0.614. The van der Waals surface area contributed by atoms with Crippen molar-refractivity contribution in [3.05, 3.63) is 23.8 Å². The molecule has 1 aliphatic carbocycles. The van der Waals surface area contributed by atoms with Gasteiger partial charge in [-0.1, -0.05) is 13.0 Å². The fourth-order valence-electron chi connectivity index (χ4n) is 2.57. The number of hydrogen-bond acceptors (Lipinski definition) is 5. The Morgan fingerprint density at radius 3 is 2.59 bits per heavy atom. The molecule has 0 aliphatic heterocycles. The summed E-state index contributed by atoms with van der Waals surface area (Å²) in [6.07, 6.45) is 3.50. The Kier molecular flexibility index (Phi) is 5.11. The third-order valence-corrected chi connectivity index (χ3v) is 6.49. The van der Waals surface area contributed by atoms with Crippen LogP contribution in [0.5, 0.6) is 0 Å². The highest BCUT2D eigenvalue weighted by Gasteiger charge is 2.37. The lowest BCUT2D eigenvalue weighted by Crippen LogP contribution is -2.16. The number of ether oxygens (including phenoxy) is 1. The van der Waals surface area contributed by atoms with Crippen molar-refractivity contribution in [3.8, 4) is 0 Å². The van der Waals surface area contributed by atoms with Gasteiger partial charge in [0.2, 0.25) is 0 Å². The molecule has 122 valence electrons. The fraction of sp³-hybridized carbons (Fsp3) is 0.562. The van der Waals surface area contributed by atoms with Gasteiger partial charge in [-0.25, -0.2) is 8.42 Å². The van der Waals surface area contributed by atoms with Gasteiger partial charge < -0.3 is 10.5 Å². The Morgan fingerprint density at radius 1 is 1.41 bits per heavy atom. The molecule has 2 rings (SSSR count). The molecule has 1 atom stereocenters. The summed E-state index contributed by atoms with van der Waals surface area (Å²) in [5.74, 6) is -0.343. The Bertz CT molecular complexity index is 650. The van der Waals surface area contributed by atoms with E-state index in [9.17, 15) is 13.2 Å². The van der Waals surface area contributed by atoms with Crippen LogP contribution in [0.1, 0.15) is 38.2 Å². The molecule has 0 radical (unpaired) electrons. The molecule has 1 unspecified atom stereocenters. The molecular weight excluding hydrogens is 302 g/mol. The molecule has 1 fully saturated rings. The summed E-state index contributed by atoms with van der Waals surface area (Å²) >= 11 is 0. The number of anilines is 1. The zero-order valence-electron chi connectivity index (χ0n) is 13.0. The molecular formula is C16H23NO4S. The maximum Gasteiger partial charge on any atom is 0.308 e. The topological polar surface area (TPSA) is 86.5 Å². The first-order valence-electron chi connectivity index (χ1n) is 7.60. The van der Waals surface area contributed by atoms with Crippen LogP contribution in [0.15, 0.2) is 23.1 Å². The van der Waals surface area contributed by atoms with Crippen LogP contribution in [0.2, 0.25) is 0 Å². The SMILES string of the molecule is CCC(CCc1ccc(S(=O)(=O)C2CC2)c(N)c1)C(=O)OC. The fourth-order valence-corrected chi connectivity index (χ4v) is 4.33. The van der Waals surface area contributed by atoms with Gasteiger partial charge in [-0.3, -0.25) is 4.79 Å². The second kappa shape index (κ2) is 6.69. The lowest BCUT2D eigenvalue weighted by atomic mass is 9.97. The number of hydrogen-bond donors (Lipinski definition) is 1. The predicted octanol–water partition coefficient (Wildman–Crippen LogP) is 2.34. The highest BCUT2D eigenvalue weighted by molar-refractivity contribution is 7.92. The van der Waals surface area contributed by atoms with E-state index in [-0.39, 0.29) is 22.0 Å². The van der Waals surface area contributed by atoms with Crippen molar-refractivity contribution in [3.63, 3.8) is 0 Å². The van der Waals surface area contributed by atoms with E-state index in [1.165, 1.54) is 7.11 Å². The molecule has 0 aromatic heterocycles. The summed E-state index contributed by atoms with van der Waals surface area (Å²) in [4.78, 5) is 11.8. The van der Waals surface area contributed by atoms with Crippen molar-refractivity contribution in [2.75, 3.05) is 12.8 Å².